The Kier molecular flexibility index (Phi) is 4.57. The van der Waals surface area contributed by atoms with Crippen molar-refractivity contribution in [2.75, 3.05) is 6.54 Å². The maximum atomic E-state index is 12.9. The molecule has 24 heavy (non-hydrogen) atoms. The Morgan fingerprint density at radius 1 is 1.42 bits per heavy atom. The average molecular weight is 351 g/mol. The minimum absolute atomic E-state index is 0.0752. The highest BCUT2D eigenvalue weighted by atomic mass is 32.1. The van der Waals surface area contributed by atoms with Gasteiger partial charge in [-0.05, 0) is 31.0 Å². The number of alkyl halides is 2. The van der Waals surface area contributed by atoms with Crippen LogP contribution in [-0.2, 0) is 4.79 Å². The van der Waals surface area contributed by atoms with Crippen molar-refractivity contribution in [3.8, 4) is 10.6 Å². The van der Waals surface area contributed by atoms with Crippen LogP contribution < -0.4 is 10.6 Å². The standard InChI is InChI=1S/C16H15F2N3O2S/c1-8-4-9(13(17)18)6-10(5-8)16-20-7-12(24-16)15(23)21-11-2-3-19-14(11)22/h4-7,11,13H,2-3H2,1H3,(H,19,22)(H,21,23). The van der Waals surface area contributed by atoms with Crippen molar-refractivity contribution in [1.29, 1.82) is 0 Å². The van der Waals surface area contributed by atoms with Crippen molar-refractivity contribution in [2.45, 2.75) is 25.8 Å². The minimum Gasteiger partial charge on any atom is -0.354 e. The topological polar surface area (TPSA) is 71.1 Å². The lowest BCUT2D eigenvalue weighted by Crippen LogP contribution is -2.39. The zero-order chi connectivity index (χ0) is 17.3. The molecule has 0 spiro atoms. The summed E-state index contributed by atoms with van der Waals surface area (Å²) in [7, 11) is 0. The minimum atomic E-state index is -2.56. The Labute approximate surface area is 141 Å². The molecule has 0 aliphatic carbocycles. The summed E-state index contributed by atoms with van der Waals surface area (Å²) in [5.41, 5.74) is 1.17. The van der Waals surface area contributed by atoms with Crippen LogP contribution >= 0.6 is 11.3 Å². The van der Waals surface area contributed by atoms with Gasteiger partial charge in [0.15, 0.2) is 0 Å². The summed E-state index contributed by atoms with van der Waals surface area (Å²) in [4.78, 5) is 28.2. The number of benzene rings is 1. The first-order valence-electron chi connectivity index (χ1n) is 7.38. The Hall–Kier alpha value is -2.35. The first-order valence-corrected chi connectivity index (χ1v) is 8.20. The molecule has 1 aromatic heterocycles. The molecule has 1 aliphatic rings. The largest absolute Gasteiger partial charge is 0.354 e. The molecule has 2 N–H and O–H groups in total. The fourth-order valence-corrected chi connectivity index (χ4v) is 3.34. The summed E-state index contributed by atoms with van der Waals surface area (Å²) in [6, 6.07) is 4.01. The van der Waals surface area contributed by atoms with E-state index in [0.29, 0.717) is 34.0 Å². The van der Waals surface area contributed by atoms with Gasteiger partial charge in [0.2, 0.25) is 5.91 Å². The quantitative estimate of drug-likeness (QED) is 0.890. The van der Waals surface area contributed by atoms with Crippen molar-refractivity contribution in [3.63, 3.8) is 0 Å². The van der Waals surface area contributed by atoms with Gasteiger partial charge in [-0.2, -0.15) is 0 Å². The maximum Gasteiger partial charge on any atom is 0.263 e. The highest BCUT2D eigenvalue weighted by molar-refractivity contribution is 7.16. The van der Waals surface area contributed by atoms with Crippen LogP contribution in [0.4, 0.5) is 8.78 Å². The summed E-state index contributed by atoms with van der Waals surface area (Å²) in [5, 5.41) is 5.78. The van der Waals surface area contributed by atoms with E-state index < -0.39 is 12.5 Å². The zero-order valence-corrected chi connectivity index (χ0v) is 13.6. The Bertz CT molecular complexity index is 791. The fraction of sp³-hybridized carbons (Fsp3) is 0.312. The number of rotatable bonds is 4. The molecular weight excluding hydrogens is 336 g/mol. The van der Waals surface area contributed by atoms with Gasteiger partial charge in [0.05, 0.1) is 6.20 Å². The van der Waals surface area contributed by atoms with E-state index in [1.165, 1.54) is 18.3 Å². The molecule has 1 saturated heterocycles. The van der Waals surface area contributed by atoms with Gasteiger partial charge in [0.1, 0.15) is 15.9 Å². The highest BCUT2D eigenvalue weighted by Crippen LogP contribution is 2.30. The van der Waals surface area contributed by atoms with Crippen molar-refractivity contribution >= 4 is 23.2 Å². The van der Waals surface area contributed by atoms with Gasteiger partial charge in [-0.25, -0.2) is 13.8 Å². The molecule has 0 bridgehead atoms. The second-order valence-electron chi connectivity index (χ2n) is 5.57. The van der Waals surface area contributed by atoms with Crippen molar-refractivity contribution in [2.24, 2.45) is 0 Å². The van der Waals surface area contributed by atoms with Crippen molar-refractivity contribution in [3.05, 3.63) is 40.4 Å². The van der Waals surface area contributed by atoms with Crippen molar-refractivity contribution < 1.29 is 18.4 Å². The monoisotopic (exact) mass is 351 g/mol. The lowest BCUT2D eigenvalue weighted by molar-refractivity contribution is -0.120. The molecule has 1 aromatic carbocycles. The molecule has 2 amide bonds. The number of thiazole rings is 1. The summed E-state index contributed by atoms with van der Waals surface area (Å²) in [6.45, 7) is 2.27. The molecular formula is C16H15F2N3O2S. The van der Waals surface area contributed by atoms with E-state index in [1.54, 1.807) is 13.0 Å². The molecule has 126 valence electrons. The summed E-state index contributed by atoms with van der Waals surface area (Å²) in [6.07, 6.45) is -0.620. The van der Waals surface area contributed by atoms with Gasteiger partial charge in [0, 0.05) is 17.7 Å². The Balaban J connectivity index is 1.80. The average Bonchev–Trinajstić information content (AvgIpc) is 3.16. The summed E-state index contributed by atoms with van der Waals surface area (Å²) < 4.78 is 25.8. The SMILES string of the molecule is Cc1cc(-c2ncc(C(=O)NC3CCNC3=O)s2)cc(C(F)F)c1. The van der Waals surface area contributed by atoms with Crippen LogP contribution in [0.3, 0.4) is 0 Å². The number of carbonyl (C=O) groups excluding carboxylic acids is 2. The van der Waals surface area contributed by atoms with E-state index in [0.717, 1.165) is 11.3 Å². The maximum absolute atomic E-state index is 12.9. The van der Waals surface area contributed by atoms with Gasteiger partial charge in [-0.1, -0.05) is 6.07 Å². The molecule has 1 aliphatic heterocycles. The smallest absolute Gasteiger partial charge is 0.263 e. The number of amides is 2. The zero-order valence-electron chi connectivity index (χ0n) is 12.8. The highest BCUT2D eigenvalue weighted by Gasteiger charge is 2.26. The lowest BCUT2D eigenvalue weighted by Gasteiger charge is -2.08. The molecule has 8 heteroatoms. The van der Waals surface area contributed by atoms with Crippen LogP contribution in [0, 0.1) is 6.92 Å². The second kappa shape index (κ2) is 6.64. The van der Waals surface area contributed by atoms with Crippen LogP contribution in [0.25, 0.3) is 10.6 Å². The summed E-state index contributed by atoms with van der Waals surface area (Å²) >= 11 is 1.11. The molecule has 1 unspecified atom stereocenters. The fourth-order valence-electron chi connectivity index (χ4n) is 2.54. The van der Waals surface area contributed by atoms with Crippen molar-refractivity contribution in [1.82, 2.24) is 15.6 Å². The third-order valence-electron chi connectivity index (χ3n) is 3.68. The predicted molar refractivity (Wildman–Crippen MR) is 86.1 cm³/mol. The van der Waals surface area contributed by atoms with Gasteiger partial charge in [0.25, 0.3) is 12.3 Å². The van der Waals surface area contributed by atoms with Gasteiger partial charge >= 0.3 is 0 Å². The van der Waals surface area contributed by atoms with E-state index in [-0.39, 0.29) is 17.4 Å². The summed E-state index contributed by atoms with van der Waals surface area (Å²) in [5.74, 6) is -0.587. The number of carbonyl (C=O) groups is 2. The van der Waals surface area contributed by atoms with Gasteiger partial charge in [-0.15, -0.1) is 11.3 Å². The van der Waals surface area contributed by atoms with E-state index in [4.69, 9.17) is 0 Å². The number of hydrogen-bond donors (Lipinski definition) is 2. The first-order chi connectivity index (χ1) is 11.4. The van der Waals surface area contributed by atoms with E-state index in [2.05, 4.69) is 15.6 Å². The number of nitrogens with zero attached hydrogens (tertiary/aromatic N) is 1. The molecule has 1 atom stereocenters. The third-order valence-corrected chi connectivity index (χ3v) is 4.73. The van der Waals surface area contributed by atoms with Crippen LogP contribution in [-0.4, -0.2) is 29.4 Å². The second-order valence-corrected chi connectivity index (χ2v) is 6.60. The number of aryl methyl sites for hydroxylation is 1. The molecule has 5 nitrogen and oxygen atoms in total. The molecule has 1 fully saturated rings. The number of halogens is 2. The Morgan fingerprint density at radius 2 is 2.21 bits per heavy atom. The van der Waals surface area contributed by atoms with Crippen LogP contribution in [0.5, 0.6) is 0 Å². The number of aromatic nitrogens is 1. The van der Waals surface area contributed by atoms with Crippen LogP contribution in [0.15, 0.2) is 24.4 Å². The molecule has 3 rings (SSSR count). The van der Waals surface area contributed by atoms with Gasteiger partial charge < -0.3 is 10.6 Å². The van der Waals surface area contributed by atoms with Crippen LogP contribution in [0.1, 0.15) is 33.6 Å². The molecule has 0 radical (unpaired) electrons. The van der Waals surface area contributed by atoms with Gasteiger partial charge in [-0.3, -0.25) is 9.59 Å². The molecule has 2 aromatic rings. The van der Waals surface area contributed by atoms with E-state index in [9.17, 15) is 18.4 Å². The Morgan fingerprint density at radius 3 is 2.88 bits per heavy atom. The predicted octanol–water partition coefficient (Wildman–Crippen LogP) is 2.67. The third kappa shape index (κ3) is 3.43. The lowest BCUT2D eigenvalue weighted by atomic mass is 10.1. The number of hydrogen-bond acceptors (Lipinski definition) is 4. The molecule has 2 heterocycles. The van der Waals surface area contributed by atoms with E-state index in [1.807, 2.05) is 0 Å². The number of nitrogens with one attached hydrogen (secondary N) is 2. The molecule has 0 saturated carbocycles. The van der Waals surface area contributed by atoms with Crippen LogP contribution in [0.2, 0.25) is 0 Å². The first kappa shape index (κ1) is 16.5. The van der Waals surface area contributed by atoms with E-state index >= 15 is 0 Å². The normalized spacial score (nSPS) is 17.2.